The lowest BCUT2D eigenvalue weighted by Crippen LogP contribution is -2.47. The number of benzene rings is 1. The van der Waals surface area contributed by atoms with E-state index in [1.165, 1.54) is 0 Å². The summed E-state index contributed by atoms with van der Waals surface area (Å²) >= 11 is 3.36. The second kappa shape index (κ2) is 7.87. The zero-order chi connectivity index (χ0) is 15.2. The van der Waals surface area contributed by atoms with Crippen molar-refractivity contribution in [1.29, 1.82) is 0 Å². The Morgan fingerprint density at radius 2 is 1.76 bits per heavy atom. The van der Waals surface area contributed by atoms with Gasteiger partial charge in [0.15, 0.2) is 0 Å². The third kappa shape index (κ3) is 6.20. The number of aryl methyl sites for hydroxylation is 1. The van der Waals surface area contributed by atoms with E-state index in [0.29, 0.717) is 17.9 Å². The second-order valence-corrected chi connectivity index (χ2v) is 9.34. The number of aliphatic hydroxyl groups is 1. The third-order valence-corrected chi connectivity index (χ3v) is 7.29. The standard InChI is InChI=1S/C14H21NO3S3/c16-14(11-19-7-8-20-12-14)10-15-21(17,18)9-6-13-4-2-1-3-5-13/h1-5,15-16H,6-12H2. The van der Waals surface area contributed by atoms with Crippen molar-refractivity contribution >= 4 is 33.5 Å². The fourth-order valence-electron chi connectivity index (χ4n) is 2.00. The van der Waals surface area contributed by atoms with Crippen LogP contribution in [0.1, 0.15) is 5.56 Å². The Balaban J connectivity index is 1.83. The first-order valence-electron chi connectivity index (χ1n) is 6.88. The molecule has 21 heavy (non-hydrogen) atoms. The Labute approximate surface area is 135 Å². The van der Waals surface area contributed by atoms with Gasteiger partial charge in [0.1, 0.15) is 0 Å². The Hall–Kier alpha value is -0.210. The molecule has 1 aliphatic heterocycles. The molecule has 0 bridgehead atoms. The molecule has 0 aromatic heterocycles. The maximum Gasteiger partial charge on any atom is 0.212 e. The molecule has 0 amide bonds. The van der Waals surface area contributed by atoms with Gasteiger partial charge in [-0.1, -0.05) is 30.3 Å². The summed E-state index contributed by atoms with van der Waals surface area (Å²) in [5.41, 5.74) is 0.0632. The quantitative estimate of drug-likeness (QED) is 0.813. The minimum atomic E-state index is -3.36. The molecule has 0 unspecified atom stereocenters. The molecule has 2 N–H and O–H groups in total. The highest BCUT2D eigenvalue weighted by atomic mass is 32.2. The van der Waals surface area contributed by atoms with Crippen LogP contribution < -0.4 is 4.72 Å². The van der Waals surface area contributed by atoms with Gasteiger partial charge in [0.2, 0.25) is 10.0 Å². The van der Waals surface area contributed by atoms with Crippen molar-refractivity contribution in [2.45, 2.75) is 12.0 Å². The van der Waals surface area contributed by atoms with Crippen LogP contribution in [-0.4, -0.2) is 54.4 Å². The maximum absolute atomic E-state index is 12.0. The van der Waals surface area contributed by atoms with Gasteiger partial charge < -0.3 is 5.11 Å². The summed E-state index contributed by atoms with van der Waals surface area (Å²) in [6.45, 7) is 0.101. The molecule has 1 fully saturated rings. The monoisotopic (exact) mass is 347 g/mol. The number of rotatable bonds is 6. The average molecular weight is 348 g/mol. The van der Waals surface area contributed by atoms with Crippen LogP contribution in [0.3, 0.4) is 0 Å². The van der Waals surface area contributed by atoms with Gasteiger partial charge in [0.25, 0.3) is 0 Å². The van der Waals surface area contributed by atoms with Crippen molar-refractivity contribution in [2.75, 3.05) is 35.3 Å². The number of hydrogen-bond donors (Lipinski definition) is 2. The molecule has 118 valence electrons. The topological polar surface area (TPSA) is 66.4 Å². The SMILES string of the molecule is O=S(=O)(CCc1ccccc1)NCC1(O)CSCCSC1. The molecule has 1 aromatic carbocycles. The fourth-order valence-corrected chi connectivity index (χ4v) is 5.67. The number of sulfonamides is 1. The van der Waals surface area contributed by atoms with E-state index in [4.69, 9.17) is 0 Å². The van der Waals surface area contributed by atoms with Crippen LogP contribution in [0, 0.1) is 0 Å². The summed E-state index contributed by atoms with van der Waals surface area (Å²) in [4.78, 5) is 0. The van der Waals surface area contributed by atoms with Crippen LogP contribution in [0.5, 0.6) is 0 Å². The Kier molecular flexibility index (Phi) is 6.43. The molecule has 1 saturated heterocycles. The predicted octanol–water partition coefficient (Wildman–Crippen LogP) is 1.36. The molecule has 2 rings (SSSR count). The molecule has 1 heterocycles. The van der Waals surface area contributed by atoms with E-state index in [9.17, 15) is 13.5 Å². The molecular formula is C14H21NO3S3. The lowest BCUT2D eigenvalue weighted by molar-refractivity contribution is 0.0962. The van der Waals surface area contributed by atoms with Gasteiger partial charge in [-0.15, -0.1) is 0 Å². The molecule has 0 radical (unpaired) electrons. The molecule has 0 atom stereocenters. The summed E-state index contributed by atoms with van der Waals surface area (Å²) in [7, 11) is -3.36. The predicted molar refractivity (Wildman–Crippen MR) is 91.5 cm³/mol. The van der Waals surface area contributed by atoms with Gasteiger partial charge in [-0.25, -0.2) is 13.1 Å². The van der Waals surface area contributed by atoms with E-state index < -0.39 is 15.6 Å². The molecule has 1 aliphatic rings. The minimum absolute atomic E-state index is 0.0490. The largest absolute Gasteiger partial charge is 0.387 e. The van der Waals surface area contributed by atoms with Crippen LogP contribution >= 0.6 is 23.5 Å². The normalized spacial score (nSPS) is 19.1. The van der Waals surface area contributed by atoms with Crippen molar-refractivity contribution < 1.29 is 13.5 Å². The summed E-state index contributed by atoms with van der Waals surface area (Å²) in [6.07, 6.45) is 0.484. The van der Waals surface area contributed by atoms with Crippen LogP contribution in [0.4, 0.5) is 0 Å². The second-order valence-electron chi connectivity index (χ2n) is 5.21. The van der Waals surface area contributed by atoms with E-state index in [1.54, 1.807) is 23.5 Å². The van der Waals surface area contributed by atoms with Gasteiger partial charge in [0.05, 0.1) is 11.4 Å². The number of thioether (sulfide) groups is 2. The average Bonchev–Trinajstić information content (AvgIpc) is 2.70. The molecule has 1 aromatic rings. The van der Waals surface area contributed by atoms with Gasteiger partial charge >= 0.3 is 0 Å². The first-order chi connectivity index (χ1) is 9.99. The van der Waals surface area contributed by atoms with Gasteiger partial charge in [0, 0.05) is 29.6 Å². The van der Waals surface area contributed by atoms with Crippen molar-refractivity contribution in [2.24, 2.45) is 0 Å². The molecule has 0 saturated carbocycles. The molecule has 4 nitrogen and oxygen atoms in total. The number of nitrogens with one attached hydrogen (secondary N) is 1. The van der Waals surface area contributed by atoms with Crippen LogP contribution in [0.2, 0.25) is 0 Å². The molecule has 7 heteroatoms. The van der Waals surface area contributed by atoms with Gasteiger partial charge in [-0.3, -0.25) is 0 Å². The summed E-state index contributed by atoms with van der Waals surface area (Å²) in [5.74, 6) is 3.23. The Morgan fingerprint density at radius 1 is 1.14 bits per heavy atom. The summed E-state index contributed by atoms with van der Waals surface area (Å²) in [6, 6.07) is 9.55. The molecule has 0 spiro atoms. The zero-order valence-electron chi connectivity index (χ0n) is 11.8. The maximum atomic E-state index is 12.0. The first-order valence-corrected chi connectivity index (χ1v) is 10.8. The van der Waals surface area contributed by atoms with E-state index in [-0.39, 0.29) is 12.3 Å². The number of hydrogen-bond acceptors (Lipinski definition) is 5. The van der Waals surface area contributed by atoms with E-state index in [1.807, 2.05) is 30.3 Å². The highest BCUT2D eigenvalue weighted by molar-refractivity contribution is 8.03. The lowest BCUT2D eigenvalue weighted by atomic mass is 10.1. The van der Waals surface area contributed by atoms with Crippen LogP contribution in [0.25, 0.3) is 0 Å². The van der Waals surface area contributed by atoms with Crippen molar-refractivity contribution in [3.63, 3.8) is 0 Å². The smallest absolute Gasteiger partial charge is 0.212 e. The Morgan fingerprint density at radius 3 is 2.38 bits per heavy atom. The zero-order valence-corrected chi connectivity index (χ0v) is 14.3. The first kappa shape index (κ1) is 17.1. The van der Waals surface area contributed by atoms with E-state index in [2.05, 4.69) is 4.72 Å². The Bertz CT molecular complexity index is 526. The highest BCUT2D eigenvalue weighted by Crippen LogP contribution is 2.24. The van der Waals surface area contributed by atoms with Crippen LogP contribution in [-0.2, 0) is 16.4 Å². The van der Waals surface area contributed by atoms with Gasteiger partial charge in [-0.05, 0) is 12.0 Å². The third-order valence-electron chi connectivity index (χ3n) is 3.24. The minimum Gasteiger partial charge on any atom is -0.387 e. The molecule has 0 aliphatic carbocycles. The van der Waals surface area contributed by atoms with E-state index >= 15 is 0 Å². The summed E-state index contributed by atoms with van der Waals surface area (Å²) in [5, 5.41) is 10.4. The molecular weight excluding hydrogens is 326 g/mol. The fraction of sp³-hybridized carbons (Fsp3) is 0.571. The highest BCUT2D eigenvalue weighted by Gasteiger charge is 2.30. The van der Waals surface area contributed by atoms with Crippen molar-refractivity contribution in [3.05, 3.63) is 35.9 Å². The van der Waals surface area contributed by atoms with Crippen LogP contribution in [0.15, 0.2) is 30.3 Å². The summed E-state index contributed by atoms with van der Waals surface area (Å²) < 4.78 is 26.6. The lowest BCUT2D eigenvalue weighted by Gasteiger charge is -2.25. The van der Waals surface area contributed by atoms with E-state index in [0.717, 1.165) is 17.1 Å². The van der Waals surface area contributed by atoms with Crippen molar-refractivity contribution in [3.8, 4) is 0 Å². The van der Waals surface area contributed by atoms with Gasteiger partial charge in [-0.2, -0.15) is 23.5 Å². The van der Waals surface area contributed by atoms with Crippen molar-refractivity contribution in [1.82, 2.24) is 4.72 Å².